The van der Waals surface area contributed by atoms with Crippen LogP contribution in [0.3, 0.4) is 0 Å². The van der Waals surface area contributed by atoms with Gasteiger partial charge in [0.15, 0.2) is 5.78 Å². The Morgan fingerprint density at radius 2 is 1.92 bits per heavy atom. The van der Waals surface area contributed by atoms with E-state index in [4.69, 9.17) is 0 Å². The second kappa shape index (κ2) is 2.74. The van der Waals surface area contributed by atoms with Gasteiger partial charge >= 0.3 is 0 Å². The first-order chi connectivity index (χ1) is 5.79. The third-order valence-electron chi connectivity index (χ3n) is 2.50. The number of carbonyl (C=O) groups excluding carboxylic acids is 1. The van der Waals surface area contributed by atoms with Crippen molar-refractivity contribution in [2.45, 2.75) is 13.3 Å². The van der Waals surface area contributed by atoms with Gasteiger partial charge in [-0.1, -0.05) is 37.3 Å². The van der Waals surface area contributed by atoms with Crippen molar-refractivity contribution in [2.24, 2.45) is 11.8 Å². The summed E-state index contributed by atoms with van der Waals surface area (Å²) >= 11 is 0. The first kappa shape index (κ1) is 7.53. The van der Waals surface area contributed by atoms with E-state index in [1.807, 2.05) is 30.3 Å². The Morgan fingerprint density at radius 1 is 1.33 bits per heavy atom. The second-order valence-electron chi connectivity index (χ2n) is 3.55. The maximum absolute atomic E-state index is 11.6. The van der Waals surface area contributed by atoms with Crippen LogP contribution in [0.15, 0.2) is 30.3 Å². The standard InChI is InChI=1S/C11H12O/c1-8-7-10(8)11(12)9-5-3-2-4-6-9/h2-6,8,10H,7H2,1H3/t8-,10-/m1/s1. The maximum atomic E-state index is 11.6. The van der Waals surface area contributed by atoms with Crippen LogP contribution >= 0.6 is 0 Å². The molecule has 0 radical (unpaired) electrons. The fourth-order valence-corrected chi connectivity index (χ4v) is 1.50. The van der Waals surface area contributed by atoms with Gasteiger partial charge in [0.05, 0.1) is 0 Å². The molecule has 1 nitrogen and oxygen atoms in total. The van der Waals surface area contributed by atoms with Crippen LogP contribution in [0.2, 0.25) is 0 Å². The van der Waals surface area contributed by atoms with Gasteiger partial charge in [0.1, 0.15) is 0 Å². The molecule has 0 amide bonds. The summed E-state index contributed by atoms with van der Waals surface area (Å²) in [5.74, 6) is 1.24. The monoisotopic (exact) mass is 160 g/mol. The van der Waals surface area contributed by atoms with E-state index >= 15 is 0 Å². The van der Waals surface area contributed by atoms with E-state index in [2.05, 4.69) is 6.92 Å². The van der Waals surface area contributed by atoms with Gasteiger partial charge in [-0.15, -0.1) is 0 Å². The molecular weight excluding hydrogens is 148 g/mol. The quantitative estimate of drug-likeness (QED) is 0.607. The van der Waals surface area contributed by atoms with Crippen LogP contribution in [0, 0.1) is 11.8 Å². The predicted octanol–water partition coefficient (Wildman–Crippen LogP) is 2.53. The van der Waals surface area contributed by atoms with Gasteiger partial charge in [0.2, 0.25) is 0 Å². The van der Waals surface area contributed by atoms with E-state index in [-0.39, 0.29) is 0 Å². The molecule has 2 rings (SSSR count). The molecule has 0 spiro atoms. The highest BCUT2D eigenvalue weighted by Crippen LogP contribution is 2.40. The molecule has 0 bridgehead atoms. The van der Waals surface area contributed by atoms with Crippen molar-refractivity contribution >= 4 is 5.78 Å². The van der Waals surface area contributed by atoms with Gasteiger partial charge in [0.25, 0.3) is 0 Å². The minimum Gasteiger partial charge on any atom is -0.294 e. The van der Waals surface area contributed by atoms with Crippen molar-refractivity contribution in [1.82, 2.24) is 0 Å². The van der Waals surface area contributed by atoms with E-state index in [0.717, 1.165) is 12.0 Å². The van der Waals surface area contributed by atoms with E-state index in [1.54, 1.807) is 0 Å². The van der Waals surface area contributed by atoms with Crippen LogP contribution in [0.25, 0.3) is 0 Å². The molecule has 1 aromatic carbocycles. The molecule has 12 heavy (non-hydrogen) atoms. The van der Waals surface area contributed by atoms with Crippen molar-refractivity contribution in [2.75, 3.05) is 0 Å². The summed E-state index contributed by atoms with van der Waals surface area (Å²) in [6.45, 7) is 2.13. The number of ketones is 1. The van der Waals surface area contributed by atoms with Crippen LogP contribution in [0.4, 0.5) is 0 Å². The Balaban J connectivity index is 2.16. The normalized spacial score (nSPS) is 26.8. The maximum Gasteiger partial charge on any atom is 0.166 e. The Bertz CT molecular complexity index is 289. The van der Waals surface area contributed by atoms with Gasteiger partial charge in [-0.25, -0.2) is 0 Å². The topological polar surface area (TPSA) is 17.1 Å². The van der Waals surface area contributed by atoms with Gasteiger partial charge in [-0.3, -0.25) is 4.79 Å². The molecule has 0 N–H and O–H groups in total. The van der Waals surface area contributed by atoms with Crippen LogP contribution in [0.5, 0.6) is 0 Å². The Hall–Kier alpha value is -1.11. The van der Waals surface area contributed by atoms with Gasteiger partial charge in [-0.05, 0) is 12.3 Å². The second-order valence-corrected chi connectivity index (χ2v) is 3.55. The number of hydrogen-bond donors (Lipinski definition) is 0. The van der Waals surface area contributed by atoms with E-state index in [9.17, 15) is 4.79 Å². The number of benzene rings is 1. The lowest BCUT2D eigenvalue weighted by Crippen LogP contribution is -2.01. The number of carbonyl (C=O) groups is 1. The fourth-order valence-electron chi connectivity index (χ4n) is 1.50. The lowest BCUT2D eigenvalue weighted by Gasteiger charge is -1.96. The van der Waals surface area contributed by atoms with E-state index in [1.165, 1.54) is 0 Å². The van der Waals surface area contributed by atoms with Crippen molar-refractivity contribution in [3.8, 4) is 0 Å². The minimum atomic E-state index is 0.312. The molecule has 0 unspecified atom stereocenters. The Morgan fingerprint density at radius 3 is 2.42 bits per heavy atom. The highest BCUT2D eigenvalue weighted by Gasteiger charge is 2.39. The average molecular weight is 160 g/mol. The molecule has 1 aliphatic rings. The zero-order chi connectivity index (χ0) is 8.55. The molecule has 62 valence electrons. The number of rotatable bonds is 2. The van der Waals surface area contributed by atoms with Gasteiger partial charge in [0, 0.05) is 11.5 Å². The highest BCUT2D eigenvalue weighted by atomic mass is 16.1. The summed E-state index contributed by atoms with van der Waals surface area (Å²) in [6, 6.07) is 9.56. The SMILES string of the molecule is C[C@@H]1C[C@H]1C(=O)c1ccccc1. The third kappa shape index (κ3) is 1.27. The zero-order valence-electron chi connectivity index (χ0n) is 7.16. The van der Waals surface area contributed by atoms with Crippen molar-refractivity contribution in [3.05, 3.63) is 35.9 Å². The van der Waals surface area contributed by atoms with Crippen LogP contribution < -0.4 is 0 Å². The molecular formula is C11H12O. The molecule has 1 aromatic rings. The molecule has 1 saturated carbocycles. The summed E-state index contributed by atoms with van der Waals surface area (Å²) in [5, 5.41) is 0. The summed E-state index contributed by atoms with van der Waals surface area (Å²) < 4.78 is 0. The smallest absolute Gasteiger partial charge is 0.166 e. The van der Waals surface area contributed by atoms with Crippen molar-refractivity contribution < 1.29 is 4.79 Å². The lowest BCUT2D eigenvalue weighted by molar-refractivity contribution is 0.0962. The predicted molar refractivity (Wildman–Crippen MR) is 48.0 cm³/mol. The molecule has 0 heterocycles. The van der Waals surface area contributed by atoms with E-state index in [0.29, 0.717) is 17.6 Å². The Kier molecular flexibility index (Phi) is 1.72. The van der Waals surface area contributed by atoms with Gasteiger partial charge in [-0.2, -0.15) is 0 Å². The van der Waals surface area contributed by atoms with Gasteiger partial charge < -0.3 is 0 Å². The first-order valence-corrected chi connectivity index (χ1v) is 4.38. The van der Waals surface area contributed by atoms with Crippen LogP contribution in [-0.4, -0.2) is 5.78 Å². The van der Waals surface area contributed by atoms with E-state index < -0.39 is 0 Å². The molecule has 2 atom stereocenters. The molecule has 0 saturated heterocycles. The highest BCUT2D eigenvalue weighted by molar-refractivity contribution is 5.99. The third-order valence-corrected chi connectivity index (χ3v) is 2.50. The average Bonchev–Trinajstić information content (AvgIpc) is 2.83. The van der Waals surface area contributed by atoms with Crippen molar-refractivity contribution in [1.29, 1.82) is 0 Å². The summed E-state index contributed by atoms with van der Waals surface area (Å²) in [7, 11) is 0. The Labute approximate surface area is 72.4 Å². The lowest BCUT2D eigenvalue weighted by atomic mass is 10.1. The number of Topliss-reactive ketones (excluding diaryl/α,β-unsaturated/α-hetero) is 1. The summed E-state index contributed by atoms with van der Waals surface area (Å²) in [5.41, 5.74) is 0.867. The first-order valence-electron chi connectivity index (χ1n) is 4.38. The van der Waals surface area contributed by atoms with Crippen LogP contribution in [-0.2, 0) is 0 Å². The van der Waals surface area contributed by atoms with Crippen LogP contribution in [0.1, 0.15) is 23.7 Å². The zero-order valence-corrected chi connectivity index (χ0v) is 7.16. The number of hydrogen-bond acceptors (Lipinski definition) is 1. The van der Waals surface area contributed by atoms with Crippen molar-refractivity contribution in [3.63, 3.8) is 0 Å². The fraction of sp³-hybridized carbons (Fsp3) is 0.364. The molecule has 1 aliphatic carbocycles. The molecule has 0 aromatic heterocycles. The largest absolute Gasteiger partial charge is 0.294 e. The minimum absolute atomic E-state index is 0.312. The summed E-state index contributed by atoms with van der Waals surface area (Å²) in [6.07, 6.45) is 1.08. The molecule has 0 aliphatic heterocycles. The summed E-state index contributed by atoms with van der Waals surface area (Å²) in [4.78, 5) is 11.6. The molecule has 1 heteroatoms. The molecule has 1 fully saturated rings.